The fraction of sp³-hybridized carbons (Fsp3) is 0.444. The van der Waals surface area contributed by atoms with E-state index in [1.165, 1.54) is 4.57 Å². The average Bonchev–Trinajstić information content (AvgIpc) is 2.16. The van der Waals surface area contributed by atoms with Gasteiger partial charge in [0.25, 0.3) is 5.56 Å². The Morgan fingerprint density at radius 3 is 2.62 bits per heavy atom. The number of rotatable bonds is 0. The molecule has 0 fully saturated rings. The third-order valence-corrected chi connectivity index (χ3v) is 2.36. The molecule has 0 saturated heterocycles. The molecular weight excluding hydrogens is 245 g/mol. The number of alkyl halides is 3. The smallest absolute Gasteiger partial charge is 0.310 e. The molecule has 0 spiro atoms. The zero-order chi connectivity index (χ0) is 11.1. The van der Waals surface area contributed by atoms with Crippen molar-refractivity contribution >= 4 is 12.4 Å². The molecule has 1 N–H and O–H groups in total. The topological polar surface area (TPSA) is 34.0 Å². The normalized spacial score (nSPS) is 15.2. The molecule has 1 aromatic rings. The Hall–Kier alpha value is -1.01. The predicted octanol–water partition coefficient (Wildman–Crippen LogP) is 1.39. The van der Waals surface area contributed by atoms with Gasteiger partial charge in [0.15, 0.2) is 0 Å². The summed E-state index contributed by atoms with van der Waals surface area (Å²) in [5.74, 6) is 0. The first-order chi connectivity index (χ1) is 6.98. The Bertz CT molecular complexity index is 441. The van der Waals surface area contributed by atoms with Crippen LogP contribution in [0.25, 0.3) is 0 Å². The van der Waals surface area contributed by atoms with E-state index < -0.39 is 17.3 Å². The molecule has 0 aliphatic carbocycles. The maximum atomic E-state index is 12.4. The molecule has 0 bridgehead atoms. The van der Waals surface area contributed by atoms with Crippen LogP contribution in [0.3, 0.4) is 0 Å². The standard InChI is InChI=1S/C9H9F3N2O.ClH/c10-9(11,12)6-3-7-5-13-1-2-14(7)8(15)4-6;/h3-4,13H,1-2,5H2;1H. The van der Waals surface area contributed by atoms with Crippen LogP contribution < -0.4 is 10.9 Å². The van der Waals surface area contributed by atoms with E-state index in [1.54, 1.807) is 0 Å². The lowest BCUT2D eigenvalue weighted by molar-refractivity contribution is -0.137. The van der Waals surface area contributed by atoms with Crippen LogP contribution in [0.15, 0.2) is 16.9 Å². The second-order valence-corrected chi connectivity index (χ2v) is 3.40. The molecule has 3 nitrogen and oxygen atoms in total. The summed E-state index contributed by atoms with van der Waals surface area (Å²) in [6, 6.07) is 1.67. The number of fused-ring (bicyclic) bond motifs is 1. The molecule has 0 atom stereocenters. The van der Waals surface area contributed by atoms with E-state index in [0.29, 0.717) is 31.4 Å². The van der Waals surface area contributed by atoms with Gasteiger partial charge >= 0.3 is 6.18 Å². The number of hydrogen-bond acceptors (Lipinski definition) is 2. The Balaban J connectivity index is 0.00000128. The summed E-state index contributed by atoms with van der Waals surface area (Å²) in [6.45, 7) is 1.34. The first-order valence-electron chi connectivity index (χ1n) is 4.50. The van der Waals surface area contributed by atoms with Gasteiger partial charge in [0, 0.05) is 31.4 Å². The number of hydrogen-bond donors (Lipinski definition) is 1. The van der Waals surface area contributed by atoms with Crippen molar-refractivity contribution in [3.63, 3.8) is 0 Å². The van der Waals surface area contributed by atoms with E-state index in [0.717, 1.165) is 6.07 Å². The Morgan fingerprint density at radius 1 is 1.31 bits per heavy atom. The van der Waals surface area contributed by atoms with E-state index in [-0.39, 0.29) is 12.4 Å². The summed E-state index contributed by atoms with van der Waals surface area (Å²) in [5.41, 5.74) is -1.06. The van der Waals surface area contributed by atoms with Crippen LogP contribution in [0.1, 0.15) is 11.3 Å². The third kappa shape index (κ3) is 2.38. The monoisotopic (exact) mass is 254 g/mol. The number of aromatic nitrogens is 1. The van der Waals surface area contributed by atoms with Crippen LogP contribution in [0.2, 0.25) is 0 Å². The molecule has 0 amide bonds. The van der Waals surface area contributed by atoms with Crippen molar-refractivity contribution in [2.24, 2.45) is 0 Å². The molecule has 16 heavy (non-hydrogen) atoms. The molecule has 2 rings (SSSR count). The summed E-state index contributed by atoms with van der Waals surface area (Å²) in [7, 11) is 0. The fourth-order valence-corrected chi connectivity index (χ4v) is 1.62. The number of nitrogens with zero attached hydrogens (tertiary/aromatic N) is 1. The van der Waals surface area contributed by atoms with Crippen molar-refractivity contribution in [3.8, 4) is 0 Å². The Labute approximate surface area is 95.7 Å². The molecule has 90 valence electrons. The molecular formula is C9H10ClF3N2O. The molecule has 1 aliphatic rings. The lowest BCUT2D eigenvalue weighted by atomic mass is 10.2. The van der Waals surface area contributed by atoms with E-state index in [4.69, 9.17) is 0 Å². The van der Waals surface area contributed by atoms with E-state index in [9.17, 15) is 18.0 Å². The average molecular weight is 255 g/mol. The number of halogens is 4. The Kier molecular flexibility index (Phi) is 3.64. The number of pyridine rings is 1. The lowest BCUT2D eigenvalue weighted by Gasteiger charge is -2.20. The first-order valence-corrected chi connectivity index (χ1v) is 4.50. The SMILES string of the molecule is Cl.O=c1cc(C(F)(F)F)cc2n1CCNC2. The molecule has 0 unspecified atom stereocenters. The van der Waals surface area contributed by atoms with Crippen molar-refractivity contribution in [2.45, 2.75) is 19.3 Å². The molecule has 0 aromatic carbocycles. The van der Waals surface area contributed by atoms with Gasteiger partial charge in [-0.3, -0.25) is 4.79 Å². The minimum atomic E-state index is -4.45. The third-order valence-electron chi connectivity index (χ3n) is 2.36. The van der Waals surface area contributed by atoms with Gasteiger partial charge in [-0.05, 0) is 6.07 Å². The van der Waals surface area contributed by atoms with Crippen LogP contribution in [0, 0.1) is 0 Å². The summed E-state index contributed by atoms with van der Waals surface area (Å²) in [5, 5.41) is 2.92. The van der Waals surface area contributed by atoms with Crippen LogP contribution in [0.5, 0.6) is 0 Å². The fourth-order valence-electron chi connectivity index (χ4n) is 1.62. The zero-order valence-electron chi connectivity index (χ0n) is 8.17. The maximum absolute atomic E-state index is 12.4. The van der Waals surface area contributed by atoms with Gasteiger partial charge in [0.05, 0.1) is 5.56 Å². The molecule has 0 saturated carbocycles. The second-order valence-electron chi connectivity index (χ2n) is 3.40. The maximum Gasteiger partial charge on any atom is 0.416 e. The predicted molar refractivity (Wildman–Crippen MR) is 54.7 cm³/mol. The van der Waals surface area contributed by atoms with Crippen LogP contribution in [-0.4, -0.2) is 11.1 Å². The highest BCUT2D eigenvalue weighted by molar-refractivity contribution is 5.85. The van der Waals surface area contributed by atoms with Crippen molar-refractivity contribution in [3.05, 3.63) is 33.7 Å². The van der Waals surface area contributed by atoms with E-state index in [1.807, 2.05) is 0 Å². The zero-order valence-corrected chi connectivity index (χ0v) is 8.99. The second kappa shape index (κ2) is 4.47. The first kappa shape index (κ1) is 13.1. The van der Waals surface area contributed by atoms with E-state index in [2.05, 4.69) is 5.32 Å². The molecule has 0 radical (unpaired) electrons. The molecule has 1 aliphatic heterocycles. The Morgan fingerprint density at radius 2 is 2.00 bits per heavy atom. The van der Waals surface area contributed by atoms with Crippen molar-refractivity contribution in [1.29, 1.82) is 0 Å². The molecule has 7 heteroatoms. The van der Waals surface area contributed by atoms with Crippen LogP contribution >= 0.6 is 12.4 Å². The minimum Gasteiger partial charge on any atom is -0.310 e. The largest absolute Gasteiger partial charge is 0.416 e. The quantitative estimate of drug-likeness (QED) is 0.759. The van der Waals surface area contributed by atoms with Gasteiger partial charge in [-0.2, -0.15) is 13.2 Å². The molecule has 2 heterocycles. The van der Waals surface area contributed by atoms with Crippen LogP contribution in [0.4, 0.5) is 13.2 Å². The van der Waals surface area contributed by atoms with Crippen LogP contribution in [-0.2, 0) is 19.3 Å². The van der Waals surface area contributed by atoms with Gasteiger partial charge in [-0.15, -0.1) is 12.4 Å². The van der Waals surface area contributed by atoms with Crippen molar-refractivity contribution in [1.82, 2.24) is 9.88 Å². The number of nitrogens with one attached hydrogen (secondary N) is 1. The van der Waals surface area contributed by atoms with Crippen molar-refractivity contribution < 1.29 is 13.2 Å². The molecule has 1 aromatic heterocycles. The minimum absolute atomic E-state index is 0. The summed E-state index contributed by atoms with van der Waals surface area (Å²) >= 11 is 0. The summed E-state index contributed by atoms with van der Waals surface area (Å²) in [4.78, 5) is 11.4. The summed E-state index contributed by atoms with van der Waals surface area (Å²) < 4.78 is 38.5. The van der Waals surface area contributed by atoms with Crippen molar-refractivity contribution in [2.75, 3.05) is 6.54 Å². The van der Waals surface area contributed by atoms with Gasteiger partial charge < -0.3 is 9.88 Å². The van der Waals surface area contributed by atoms with Gasteiger partial charge in [0.1, 0.15) is 0 Å². The van der Waals surface area contributed by atoms with E-state index >= 15 is 0 Å². The van der Waals surface area contributed by atoms with Gasteiger partial charge in [-0.1, -0.05) is 0 Å². The highest BCUT2D eigenvalue weighted by Crippen LogP contribution is 2.28. The van der Waals surface area contributed by atoms with Gasteiger partial charge in [0.2, 0.25) is 0 Å². The lowest BCUT2D eigenvalue weighted by Crippen LogP contribution is -2.36. The highest BCUT2D eigenvalue weighted by atomic mass is 35.5. The van der Waals surface area contributed by atoms with Gasteiger partial charge in [-0.25, -0.2) is 0 Å². The summed E-state index contributed by atoms with van der Waals surface area (Å²) in [6.07, 6.45) is -4.45. The highest BCUT2D eigenvalue weighted by Gasteiger charge is 2.32.